The molecule has 0 atom stereocenters. The van der Waals surface area contributed by atoms with E-state index < -0.39 is 0 Å². The topological polar surface area (TPSA) is 32.3 Å². The van der Waals surface area contributed by atoms with Crippen molar-refractivity contribution in [2.75, 3.05) is 19.6 Å². The molecule has 3 nitrogen and oxygen atoms in total. The summed E-state index contributed by atoms with van der Waals surface area (Å²) in [4.78, 5) is 15.0. The summed E-state index contributed by atoms with van der Waals surface area (Å²) in [5.74, 6) is 0.518. The van der Waals surface area contributed by atoms with Gasteiger partial charge in [0.05, 0.1) is 0 Å². The first kappa shape index (κ1) is 18.8. The lowest BCUT2D eigenvalue weighted by Gasteiger charge is -2.47. The van der Waals surface area contributed by atoms with Crippen molar-refractivity contribution in [3.63, 3.8) is 0 Å². The minimum absolute atomic E-state index is 0.107. The molecule has 1 saturated heterocycles. The van der Waals surface area contributed by atoms with Gasteiger partial charge in [-0.1, -0.05) is 20.8 Å². The zero-order valence-electron chi connectivity index (χ0n) is 16.3. The third kappa shape index (κ3) is 5.77. The Labute approximate surface area is 143 Å². The molecule has 0 aromatic carbocycles. The van der Waals surface area contributed by atoms with E-state index in [9.17, 15) is 4.79 Å². The molecule has 1 aliphatic carbocycles. The monoisotopic (exact) mass is 322 g/mol. The molecule has 0 aromatic rings. The summed E-state index contributed by atoms with van der Waals surface area (Å²) in [6.07, 6.45) is 7.33. The van der Waals surface area contributed by atoms with Crippen LogP contribution >= 0.6 is 0 Å². The highest BCUT2D eigenvalue weighted by Gasteiger charge is 2.40. The molecular weight excluding hydrogens is 284 g/mol. The van der Waals surface area contributed by atoms with Gasteiger partial charge in [-0.15, -0.1) is 0 Å². The Bertz CT molecular complexity index is 398. The third-order valence-electron chi connectivity index (χ3n) is 5.53. The molecule has 0 radical (unpaired) electrons. The maximum atomic E-state index is 12.4. The van der Waals surface area contributed by atoms with Gasteiger partial charge < -0.3 is 10.2 Å². The Kier molecular flexibility index (Phi) is 5.50. The molecule has 2 fully saturated rings. The number of piperidine rings is 1. The molecule has 134 valence electrons. The molecule has 23 heavy (non-hydrogen) atoms. The summed E-state index contributed by atoms with van der Waals surface area (Å²) in [5, 5.41) is 3.17. The zero-order valence-corrected chi connectivity index (χ0v) is 16.3. The van der Waals surface area contributed by atoms with Gasteiger partial charge >= 0.3 is 0 Å². The van der Waals surface area contributed by atoms with Gasteiger partial charge in [0.2, 0.25) is 5.91 Å². The van der Waals surface area contributed by atoms with Crippen LogP contribution in [-0.2, 0) is 4.79 Å². The standard InChI is InChI=1S/C20H38N2O/c1-18(2,3)15-22-13-11-20(12-14-22)9-7-16(8-10-20)17(23)21-19(4,5)6/h16H,7-15H2,1-6H3,(H,21,23). The van der Waals surface area contributed by atoms with E-state index in [2.05, 4.69) is 51.8 Å². The van der Waals surface area contributed by atoms with Crippen LogP contribution in [0.4, 0.5) is 0 Å². The Hall–Kier alpha value is -0.570. The molecule has 1 saturated carbocycles. The first-order valence-corrected chi connectivity index (χ1v) is 9.53. The summed E-state index contributed by atoms with van der Waals surface area (Å²) in [6.45, 7) is 16.9. The first-order chi connectivity index (χ1) is 10.5. The number of carbonyl (C=O) groups is 1. The summed E-state index contributed by atoms with van der Waals surface area (Å²) in [6, 6.07) is 0. The number of hydrogen-bond acceptors (Lipinski definition) is 2. The van der Waals surface area contributed by atoms with E-state index in [0.717, 1.165) is 12.8 Å². The van der Waals surface area contributed by atoms with Crippen LogP contribution in [-0.4, -0.2) is 36.0 Å². The fourth-order valence-electron chi connectivity index (χ4n) is 4.32. The van der Waals surface area contributed by atoms with Crippen LogP contribution in [0.3, 0.4) is 0 Å². The van der Waals surface area contributed by atoms with Crippen LogP contribution in [0.25, 0.3) is 0 Å². The van der Waals surface area contributed by atoms with Gasteiger partial charge in [0.25, 0.3) is 0 Å². The highest BCUT2D eigenvalue weighted by molar-refractivity contribution is 5.79. The van der Waals surface area contributed by atoms with E-state index >= 15 is 0 Å². The summed E-state index contributed by atoms with van der Waals surface area (Å²) < 4.78 is 0. The predicted octanol–water partition coefficient (Wildman–Crippen LogP) is 4.22. The van der Waals surface area contributed by atoms with Crippen LogP contribution in [0, 0.1) is 16.7 Å². The highest BCUT2D eigenvalue weighted by Crippen LogP contribution is 2.46. The lowest BCUT2D eigenvalue weighted by molar-refractivity contribution is -0.128. The van der Waals surface area contributed by atoms with Crippen LogP contribution in [0.1, 0.15) is 80.1 Å². The predicted molar refractivity (Wildman–Crippen MR) is 97.4 cm³/mol. The van der Waals surface area contributed by atoms with Gasteiger partial charge in [-0.05, 0) is 83.2 Å². The summed E-state index contributed by atoms with van der Waals surface area (Å²) in [5.41, 5.74) is 0.824. The van der Waals surface area contributed by atoms with Gasteiger partial charge in [-0.3, -0.25) is 4.79 Å². The zero-order chi connectivity index (χ0) is 17.3. The van der Waals surface area contributed by atoms with Crippen LogP contribution in [0.15, 0.2) is 0 Å². The van der Waals surface area contributed by atoms with Crippen molar-refractivity contribution >= 4 is 5.91 Å². The number of amides is 1. The number of likely N-dealkylation sites (tertiary alicyclic amines) is 1. The molecule has 1 spiro atoms. The van der Waals surface area contributed by atoms with E-state index in [1.807, 2.05) is 0 Å². The van der Waals surface area contributed by atoms with Gasteiger partial charge in [0, 0.05) is 18.0 Å². The Morgan fingerprint density at radius 3 is 1.96 bits per heavy atom. The molecule has 2 aliphatic rings. The Morgan fingerprint density at radius 1 is 1.00 bits per heavy atom. The van der Waals surface area contributed by atoms with Gasteiger partial charge in [0.1, 0.15) is 0 Å². The van der Waals surface area contributed by atoms with Crippen molar-refractivity contribution in [1.29, 1.82) is 0 Å². The molecular formula is C20H38N2O. The molecule has 3 heteroatoms. The molecule has 0 unspecified atom stereocenters. The molecule has 0 aromatic heterocycles. The lowest BCUT2D eigenvalue weighted by atomic mass is 9.65. The van der Waals surface area contributed by atoms with Crippen molar-refractivity contribution < 1.29 is 4.79 Å². The average Bonchev–Trinajstić information content (AvgIpc) is 2.39. The quantitative estimate of drug-likeness (QED) is 0.825. The SMILES string of the molecule is CC(C)(C)CN1CCC2(CCC(C(=O)NC(C)(C)C)CC2)CC1. The Balaban J connectivity index is 1.80. The minimum atomic E-state index is -0.107. The van der Waals surface area contributed by atoms with Gasteiger partial charge in [-0.25, -0.2) is 0 Å². The van der Waals surface area contributed by atoms with E-state index in [4.69, 9.17) is 0 Å². The second-order valence-corrected chi connectivity index (χ2v) is 10.4. The van der Waals surface area contributed by atoms with E-state index in [1.165, 1.54) is 45.3 Å². The number of rotatable bonds is 2. The smallest absolute Gasteiger partial charge is 0.223 e. The second-order valence-electron chi connectivity index (χ2n) is 10.4. The maximum Gasteiger partial charge on any atom is 0.223 e. The van der Waals surface area contributed by atoms with E-state index in [0.29, 0.717) is 10.8 Å². The van der Waals surface area contributed by atoms with Crippen LogP contribution in [0.2, 0.25) is 0 Å². The van der Waals surface area contributed by atoms with Gasteiger partial charge in [0.15, 0.2) is 0 Å². The summed E-state index contributed by atoms with van der Waals surface area (Å²) >= 11 is 0. The molecule has 2 rings (SSSR count). The normalized spacial score (nSPS) is 23.9. The van der Waals surface area contributed by atoms with Crippen molar-refractivity contribution in [3.05, 3.63) is 0 Å². The second kappa shape index (κ2) is 6.74. The highest BCUT2D eigenvalue weighted by atomic mass is 16.2. The third-order valence-corrected chi connectivity index (χ3v) is 5.53. The van der Waals surface area contributed by atoms with Crippen molar-refractivity contribution in [1.82, 2.24) is 10.2 Å². The van der Waals surface area contributed by atoms with E-state index in [-0.39, 0.29) is 17.4 Å². The van der Waals surface area contributed by atoms with Crippen LogP contribution in [0.5, 0.6) is 0 Å². The van der Waals surface area contributed by atoms with Crippen molar-refractivity contribution in [3.8, 4) is 0 Å². The van der Waals surface area contributed by atoms with Gasteiger partial charge in [-0.2, -0.15) is 0 Å². The van der Waals surface area contributed by atoms with Crippen molar-refractivity contribution in [2.24, 2.45) is 16.7 Å². The van der Waals surface area contributed by atoms with Crippen molar-refractivity contribution in [2.45, 2.75) is 85.6 Å². The van der Waals surface area contributed by atoms with E-state index in [1.54, 1.807) is 0 Å². The molecule has 0 bridgehead atoms. The molecule has 1 heterocycles. The average molecular weight is 323 g/mol. The lowest BCUT2D eigenvalue weighted by Crippen LogP contribution is -2.47. The molecule has 1 N–H and O–H groups in total. The fraction of sp³-hybridized carbons (Fsp3) is 0.950. The largest absolute Gasteiger partial charge is 0.351 e. The molecule has 1 amide bonds. The molecule has 1 aliphatic heterocycles. The number of hydrogen-bond donors (Lipinski definition) is 1. The number of nitrogens with one attached hydrogen (secondary N) is 1. The minimum Gasteiger partial charge on any atom is -0.351 e. The summed E-state index contributed by atoms with van der Waals surface area (Å²) in [7, 11) is 0. The number of nitrogens with zero attached hydrogens (tertiary/aromatic N) is 1. The fourth-order valence-corrected chi connectivity index (χ4v) is 4.32. The number of carbonyl (C=O) groups excluding carboxylic acids is 1. The van der Waals surface area contributed by atoms with Crippen LogP contribution < -0.4 is 5.32 Å². The first-order valence-electron chi connectivity index (χ1n) is 9.53. The maximum absolute atomic E-state index is 12.4. The Morgan fingerprint density at radius 2 is 1.52 bits per heavy atom.